The number of H-pyrrole nitrogens is 1. The molecule has 0 fully saturated rings. The van der Waals surface area contributed by atoms with E-state index in [0.29, 0.717) is 56.3 Å². The molecule has 0 spiro atoms. The average Bonchev–Trinajstić information content (AvgIpc) is 0.943. The predicted octanol–water partition coefficient (Wildman–Crippen LogP) is -0.787. The first-order chi connectivity index (χ1) is 63.8. The minimum Gasteiger partial charge on any atom is -0.508 e. The Morgan fingerprint density at radius 2 is 0.724 bits per heavy atom. The number of carboxylic acids is 1. The zero-order valence-corrected chi connectivity index (χ0v) is 79.5. The third-order valence-electron chi connectivity index (χ3n) is 22.2. The van der Waals surface area contributed by atoms with Crippen LogP contribution in [0.5, 0.6) is 5.75 Å². The number of nitrogens with two attached hydrogens (primary N) is 6. The predicted molar refractivity (Wildman–Crippen MR) is 505 cm³/mol. The zero-order valence-electron chi connectivity index (χ0n) is 79.5. The number of primary amides is 1. The number of carbonyl (C=O) groups is 15. The van der Waals surface area contributed by atoms with Gasteiger partial charge in [0, 0.05) is 44.2 Å². The fourth-order valence-corrected chi connectivity index (χ4v) is 14.7. The maximum atomic E-state index is 14.8. The van der Waals surface area contributed by atoms with E-state index >= 15 is 0 Å². The van der Waals surface area contributed by atoms with Gasteiger partial charge in [0.1, 0.15) is 84.3 Å². The number of aromatic amines is 1. The number of phenols is 1. The van der Waals surface area contributed by atoms with Crippen LogP contribution in [-0.2, 0) is 84.8 Å². The number of aromatic nitrogens is 2. The number of hydrogen-bond acceptors (Lipinski definition) is 24. The highest BCUT2D eigenvalue weighted by atomic mass is 16.4. The van der Waals surface area contributed by atoms with Crippen LogP contribution in [0.15, 0.2) is 36.8 Å². The fourth-order valence-electron chi connectivity index (χ4n) is 14.7. The molecule has 1 heterocycles. The highest BCUT2D eigenvalue weighted by Gasteiger charge is 2.40. The van der Waals surface area contributed by atoms with Crippen molar-refractivity contribution in [2.75, 3.05) is 39.3 Å². The van der Waals surface area contributed by atoms with Crippen LogP contribution in [0, 0.1) is 22.7 Å². The number of imidazole rings is 1. The Morgan fingerprint density at radius 1 is 0.388 bits per heavy atom. The molecule has 0 unspecified atom stereocenters. The van der Waals surface area contributed by atoms with E-state index in [-0.39, 0.29) is 152 Å². The molecule has 1 aromatic carbocycles. The van der Waals surface area contributed by atoms with Crippen LogP contribution < -0.4 is 114 Å². The van der Waals surface area contributed by atoms with E-state index in [0.717, 1.165) is 32.6 Å². The topological polar surface area (TPSA) is 750 Å². The number of aliphatic hydroxyl groups is 2. The Hall–Kier alpha value is -11.4. The van der Waals surface area contributed by atoms with Gasteiger partial charge in [-0.1, -0.05) is 144 Å². The monoisotopic (exact) mass is 1890 g/mol. The number of aliphatic hydroxyl groups excluding tert-OH is 2. The highest BCUT2D eigenvalue weighted by Crippen LogP contribution is 2.19. The van der Waals surface area contributed by atoms with Crippen molar-refractivity contribution in [3.63, 3.8) is 0 Å². The Morgan fingerprint density at radius 3 is 1.10 bits per heavy atom. The van der Waals surface area contributed by atoms with Crippen molar-refractivity contribution < 1.29 is 92.3 Å². The second-order valence-corrected chi connectivity index (χ2v) is 35.1. The van der Waals surface area contributed by atoms with E-state index in [4.69, 9.17) is 45.2 Å². The van der Waals surface area contributed by atoms with E-state index in [1.807, 2.05) is 0 Å². The van der Waals surface area contributed by atoms with Gasteiger partial charge in [0.05, 0.1) is 25.5 Å². The molecule has 0 bridgehead atoms. The summed E-state index contributed by atoms with van der Waals surface area (Å²) in [5, 5.41) is 96.4. The first kappa shape index (κ1) is 119. The van der Waals surface area contributed by atoms with E-state index in [1.54, 1.807) is 34.6 Å². The number of nitrogens with one attached hydrogen (secondary N) is 18. The second-order valence-electron chi connectivity index (χ2n) is 35.1. The highest BCUT2D eigenvalue weighted by molar-refractivity contribution is 6.01. The van der Waals surface area contributed by atoms with E-state index in [1.165, 1.54) is 88.2 Å². The lowest BCUT2D eigenvalue weighted by Gasteiger charge is -2.29. The van der Waals surface area contributed by atoms with Gasteiger partial charge in [-0.3, -0.25) is 82.7 Å². The minimum atomic E-state index is -2.09. The quantitative estimate of drug-likeness (QED) is 0.0219. The molecule has 0 aliphatic carbocycles. The Bertz CT molecular complexity index is 3900. The van der Waals surface area contributed by atoms with E-state index in [2.05, 4.69) is 96.6 Å². The fraction of sp³-hybridized carbons (Fsp3) is 0.711. The number of amides is 14. The molecule has 14 atom stereocenters. The van der Waals surface area contributed by atoms with Gasteiger partial charge in [-0.25, -0.2) is 4.98 Å². The first-order valence-corrected chi connectivity index (χ1v) is 47.6. The van der Waals surface area contributed by atoms with E-state index in [9.17, 15) is 92.3 Å². The number of guanidine groups is 2. The molecule has 2 aromatic rings. The molecule has 0 radical (unpaired) electrons. The lowest BCUT2D eigenvalue weighted by molar-refractivity contribution is -0.142. The third kappa shape index (κ3) is 51.2. The van der Waals surface area contributed by atoms with Gasteiger partial charge in [0.15, 0.2) is 11.9 Å². The number of aromatic hydroxyl groups is 1. The van der Waals surface area contributed by atoms with Crippen molar-refractivity contribution in [3.05, 3.63) is 48.0 Å². The summed E-state index contributed by atoms with van der Waals surface area (Å²) in [5.74, 6) is -16.4. The van der Waals surface area contributed by atoms with Crippen LogP contribution in [0.3, 0.4) is 0 Å². The molecule has 44 heteroatoms. The van der Waals surface area contributed by atoms with Gasteiger partial charge in [-0.15, -0.1) is 0 Å². The van der Waals surface area contributed by atoms with Crippen molar-refractivity contribution in [1.29, 1.82) is 10.8 Å². The number of nitrogens with zero attached hydrogens (tertiary/aromatic N) is 1. The molecule has 0 aliphatic rings. The summed E-state index contributed by atoms with van der Waals surface area (Å²) in [7, 11) is 0. The van der Waals surface area contributed by atoms with Crippen molar-refractivity contribution in [1.82, 2.24) is 89.7 Å². The standard InChI is InChI=1S/C90H159N25O19/c1-8-10-12-13-14-15-16-17-18-19-20-21-22-37-73(119)103-61(32-23-26-42-91)77(123)104-63(33-24-27-43-92)78(124)110-68(47-55(3)4)83(129)106-66(36-30-46-101-90(97)98)81(127)114-72(53-116)87(133)108-62(31-11-9-2)82(128)115-75(57(7)117)88(134)113-71(51-74(120)121)86(132)105-64(34-25-28-44-93)79(125)112-70(49-58-38-40-60(118)41-39-58)85(131)107-65(35-29-45-100-89(95)96)80(126)111-69(48-56(5)6)84(130)109-67(76(94)122)50-59-52-99-54-102-59/h38-41,52,54-57,61-72,75,116-118H,8-37,42-51,53,91-93H2,1-7H3,(H2,94,122)(H,99,102)(H,103,119)(H,104,123)(H,105,132)(H,106,129)(H,107,131)(H,108,133)(H,109,130)(H,110,124)(H,111,126)(H,112,125)(H,113,134)(H,114,127)(H,115,128)(H,120,121)(H4,95,96,100)(H4,97,98,101)/t57-,61+,62+,63+,64+,65+,66+,67+,68+,69+,70+,71+,72+,75+/m1/s1. The number of phenolic OH excluding ortho intramolecular Hbond substituents is 1. The van der Waals surface area contributed by atoms with Gasteiger partial charge in [-0.2, -0.15) is 0 Å². The normalized spacial score (nSPS) is 14.4. The van der Waals surface area contributed by atoms with Crippen LogP contribution >= 0.6 is 0 Å². The Balaban J connectivity index is 2.51. The zero-order chi connectivity index (χ0) is 100. The van der Waals surface area contributed by atoms with Crippen molar-refractivity contribution in [2.24, 2.45) is 46.2 Å². The maximum absolute atomic E-state index is 14.8. The molecule has 0 saturated heterocycles. The van der Waals surface area contributed by atoms with Crippen LogP contribution in [-0.4, -0.2) is 255 Å². The van der Waals surface area contributed by atoms with Crippen LogP contribution in [0.4, 0.5) is 0 Å². The number of aliphatic carboxylic acids is 1. The number of carboxylic acid groups (broad SMARTS) is 1. The van der Waals surface area contributed by atoms with Crippen LogP contribution in [0.2, 0.25) is 0 Å². The number of benzene rings is 1. The van der Waals surface area contributed by atoms with Gasteiger partial charge in [-0.05, 0) is 165 Å². The summed E-state index contributed by atoms with van der Waals surface area (Å²) < 4.78 is 0. The van der Waals surface area contributed by atoms with Crippen molar-refractivity contribution in [2.45, 2.75) is 358 Å². The van der Waals surface area contributed by atoms with Crippen molar-refractivity contribution in [3.8, 4) is 5.75 Å². The maximum Gasteiger partial charge on any atom is 0.305 e. The molecule has 134 heavy (non-hydrogen) atoms. The van der Waals surface area contributed by atoms with E-state index < -0.39 is 192 Å². The third-order valence-corrected chi connectivity index (χ3v) is 22.2. The molecule has 14 amide bonds. The number of hydrogen-bond donors (Lipinski definition) is 28. The molecular formula is C90H159N25O19. The number of rotatable bonds is 75. The molecule has 1 aromatic heterocycles. The van der Waals surface area contributed by atoms with Crippen LogP contribution in [0.25, 0.3) is 0 Å². The summed E-state index contributed by atoms with van der Waals surface area (Å²) in [4.78, 5) is 219. The smallest absolute Gasteiger partial charge is 0.305 e. The summed E-state index contributed by atoms with van der Waals surface area (Å²) in [6.45, 7) is 11.7. The molecule has 2 rings (SSSR count). The van der Waals surface area contributed by atoms with Gasteiger partial charge in [0.25, 0.3) is 0 Å². The lowest BCUT2D eigenvalue weighted by atomic mass is 10.0. The summed E-state index contributed by atoms with van der Waals surface area (Å²) in [6, 6.07) is -14.7. The molecule has 0 saturated carbocycles. The molecule has 34 N–H and O–H groups in total. The number of unbranched alkanes of at least 4 members (excludes halogenated alkanes) is 16. The largest absolute Gasteiger partial charge is 0.508 e. The first-order valence-electron chi connectivity index (χ1n) is 47.6. The number of carbonyl (C=O) groups excluding carboxylic acids is 14. The molecule has 758 valence electrons. The Labute approximate surface area is 787 Å². The van der Waals surface area contributed by atoms with Gasteiger partial charge >= 0.3 is 5.97 Å². The summed E-state index contributed by atoms with van der Waals surface area (Å²) >= 11 is 0. The summed E-state index contributed by atoms with van der Waals surface area (Å²) in [6.07, 6.45) is 16.7. The second kappa shape index (κ2) is 68.6. The SMILES string of the molecule is CCCCCCCCCCCCCCCC(=O)N[C@@H](CCCCN)C(=O)N[C@@H](CCCCN)C(=O)N[C@@H](CC(C)C)C(=O)N[C@@H](CCCNC(=N)N)C(=O)N[C@@H](CO)C(=O)N[C@@H](CCCC)C(=O)N[C@H](C(=O)N[C@@H](CC(=O)O)C(=O)N[C@@H](CCCCN)C(=O)N[C@@H](Cc1ccc(O)cc1)C(=O)N[C@@H](CCCNC(=N)N)C(=O)N[C@@H](CC(C)C)C(=O)N[C@@H](Cc1cnc[nH]1)C(N)=O)[C@@H](C)O. The molecular weight excluding hydrogens is 1740 g/mol. The molecule has 44 nitrogen and oxygen atoms in total. The lowest BCUT2D eigenvalue weighted by Crippen LogP contribution is -2.62. The minimum absolute atomic E-state index is 0.00283. The van der Waals surface area contributed by atoms with Gasteiger partial charge in [0.2, 0.25) is 82.7 Å². The van der Waals surface area contributed by atoms with Crippen LogP contribution in [0.1, 0.15) is 272 Å². The van der Waals surface area contributed by atoms with Gasteiger partial charge < -0.3 is 140 Å². The Kier molecular flexibility index (Phi) is 60.7. The average molecular weight is 1900 g/mol. The van der Waals surface area contributed by atoms with Crippen molar-refractivity contribution >= 4 is 101 Å². The summed E-state index contributed by atoms with van der Waals surface area (Å²) in [5.41, 5.74) is 35.1. The molecule has 0 aliphatic heterocycles.